The molecule has 130 valence electrons. The number of esters is 1. The van der Waals surface area contributed by atoms with Crippen LogP contribution in [0.5, 0.6) is 0 Å². The summed E-state index contributed by atoms with van der Waals surface area (Å²) in [6.45, 7) is 4.18. The van der Waals surface area contributed by atoms with Crippen molar-refractivity contribution in [3.63, 3.8) is 0 Å². The van der Waals surface area contributed by atoms with Crippen LogP contribution in [0.4, 0.5) is 0 Å². The monoisotopic (exact) mass is 337 g/mol. The molecule has 0 spiro atoms. The van der Waals surface area contributed by atoms with Crippen LogP contribution in [-0.4, -0.2) is 35.5 Å². The third kappa shape index (κ3) is 3.58. The minimum atomic E-state index is -0.923. The fraction of sp³-hybridized carbons (Fsp3) is 0.333. The highest BCUT2D eigenvalue weighted by Crippen LogP contribution is 2.30. The van der Waals surface area contributed by atoms with E-state index in [1.54, 1.807) is 18.7 Å². The second-order valence-corrected chi connectivity index (χ2v) is 6.82. The Morgan fingerprint density at radius 1 is 1.04 bits per heavy atom. The summed E-state index contributed by atoms with van der Waals surface area (Å²) >= 11 is 0. The Balaban J connectivity index is 1.88. The van der Waals surface area contributed by atoms with E-state index < -0.39 is 5.54 Å². The van der Waals surface area contributed by atoms with E-state index in [0.29, 0.717) is 13.0 Å². The van der Waals surface area contributed by atoms with Gasteiger partial charge in [-0.25, -0.2) is 4.79 Å². The fourth-order valence-corrected chi connectivity index (χ4v) is 3.32. The molecule has 0 bridgehead atoms. The van der Waals surface area contributed by atoms with Gasteiger partial charge in [-0.15, -0.1) is 0 Å². The van der Waals surface area contributed by atoms with E-state index in [4.69, 9.17) is 4.74 Å². The number of rotatable bonds is 4. The second kappa shape index (κ2) is 7.09. The Morgan fingerprint density at radius 3 is 2.08 bits per heavy atom. The lowest BCUT2D eigenvalue weighted by Crippen LogP contribution is -2.58. The lowest BCUT2D eigenvalue weighted by molar-refractivity contribution is -0.172. The van der Waals surface area contributed by atoms with Crippen molar-refractivity contribution in [2.75, 3.05) is 13.2 Å². The number of hydrogen-bond acceptors (Lipinski definition) is 3. The van der Waals surface area contributed by atoms with E-state index in [1.807, 2.05) is 60.7 Å². The molecule has 3 rings (SSSR count). The van der Waals surface area contributed by atoms with Gasteiger partial charge in [-0.2, -0.15) is 0 Å². The van der Waals surface area contributed by atoms with Crippen LogP contribution >= 0.6 is 0 Å². The number of carbonyl (C=O) groups excluding carboxylic acids is 2. The average Bonchev–Trinajstić information content (AvgIpc) is 2.63. The van der Waals surface area contributed by atoms with Gasteiger partial charge >= 0.3 is 5.97 Å². The molecule has 1 saturated heterocycles. The Bertz CT molecular complexity index is 701. The molecule has 2 aromatic rings. The summed E-state index contributed by atoms with van der Waals surface area (Å²) in [5.41, 5.74) is 1.27. The Labute approximate surface area is 148 Å². The van der Waals surface area contributed by atoms with Gasteiger partial charge in [0.05, 0.1) is 6.54 Å². The van der Waals surface area contributed by atoms with Crippen molar-refractivity contribution in [3.05, 3.63) is 71.8 Å². The van der Waals surface area contributed by atoms with Gasteiger partial charge in [0.15, 0.2) is 0 Å². The number of cyclic esters (lactones) is 1. The van der Waals surface area contributed by atoms with E-state index in [-0.39, 0.29) is 24.4 Å². The lowest BCUT2D eigenvalue weighted by atomic mass is 9.87. The maximum absolute atomic E-state index is 13.0. The molecule has 0 aromatic heterocycles. The molecule has 1 fully saturated rings. The number of benzene rings is 2. The van der Waals surface area contributed by atoms with Crippen molar-refractivity contribution in [2.45, 2.75) is 31.7 Å². The maximum Gasteiger partial charge on any atom is 0.331 e. The van der Waals surface area contributed by atoms with Crippen molar-refractivity contribution in [1.29, 1.82) is 0 Å². The molecular formula is C21H23NO3. The minimum absolute atomic E-state index is 0.0284. The van der Waals surface area contributed by atoms with Gasteiger partial charge in [-0.1, -0.05) is 60.7 Å². The third-order valence-corrected chi connectivity index (χ3v) is 4.81. The number of morpholine rings is 1. The van der Waals surface area contributed by atoms with Crippen molar-refractivity contribution in [3.8, 4) is 0 Å². The van der Waals surface area contributed by atoms with Gasteiger partial charge in [-0.3, -0.25) is 4.79 Å². The summed E-state index contributed by atoms with van der Waals surface area (Å²) in [6.07, 6.45) is 0.324. The van der Waals surface area contributed by atoms with Crippen molar-refractivity contribution < 1.29 is 14.3 Å². The molecule has 2 aromatic carbocycles. The standard InChI is InChI=1S/C21H23NO3/c1-21(2)20(24)25-14-13-22(21)19(23)15-18(16-9-5-3-6-10-16)17-11-7-4-8-12-17/h3-12,18H,13-15H2,1-2H3. The average molecular weight is 337 g/mol. The molecule has 0 N–H and O–H groups in total. The Hall–Kier alpha value is -2.62. The fourth-order valence-electron chi connectivity index (χ4n) is 3.32. The predicted molar refractivity (Wildman–Crippen MR) is 96.1 cm³/mol. The largest absolute Gasteiger partial charge is 0.462 e. The first kappa shape index (κ1) is 17.2. The van der Waals surface area contributed by atoms with Gasteiger partial charge in [0, 0.05) is 12.3 Å². The summed E-state index contributed by atoms with van der Waals surface area (Å²) in [7, 11) is 0. The lowest BCUT2D eigenvalue weighted by Gasteiger charge is -2.40. The molecule has 0 unspecified atom stereocenters. The normalized spacial score (nSPS) is 16.6. The van der Waals surface area contributed by atoms with Crippen LogP contribution in [0.2, 0.25) is 0 Å². The number of amides is 1. The van der Waals surface area contributed by atoms with E-state index in [2.05, 4.69) is 0 Å². The van der Waals surface area contributed by atoms with Crippen LogP contribution in [0.3, 0.4) is 0 Å². The number of ether oxygens (including phenoxy) is 1. The molecule has 4 heteroatoms. The first-order valence-electron chi connectivity index (χ1n) is 8.58. The van der Waals surface area contributed by atoms with Crippen LogP contribution < -0.4 is 0 Å². The molecule has 0 radical (unpaired) electrons. The summed E-state index contributed by atoms with van der Waals surface area (Å²) < 4.78 is 5.11. The van der Waals surface area contributed by atoms with Crippen LogP contribution in [0.1, 0.15) is 37.3 Å². The maximum atomic E-state index is 13.0. The van der Waals surface area contributed by atoms with Crippen molar-refractivity contribution >= 4 is 11.9 Å². The summed E-state index contributed by atoms with van der Waals surface area (Å²) in [4.78, 5) is 26.7. The number of carbonyl (C=O) groups is 2. The highest BCUT2D eigenvalue weighted by atomic mass is 16.5. The molecular weight excluding hydrogens is 314 g/mol. The van der Waals surface area contributed by atoms with Crippen LogP contribution in [-0.2, 0) is 14.3 Å². The number of hydrogen-bond donors (Lipinski definition) is 0. The first-order chi connectivity index (χ1) is 12.0. The SMILES string of the molecule is CC1(C)C(=O)OCCN1C(=O)CC(c1ccccc1)c1ccccc1. The topological polar surface area (TPSA) is 46.6 Å². The van der Waals surface area contributed by atoms with Gasteiger partial charge in [0.2, 0.25) is 5.91 Å². The molecule has 25 heavy (non-hydrogen) atoms. The van der Waals surface area contributed by atoms with Gasteiger partial charge in [0.1, 0.15) is 12.1 Å². The molecule has 1 aliphatic heterocycles. The molecule has 0 atom stereocenters. The molecule has 0 aliphatic carbocycles. The van der Waals surface area contributed by atoms with Crippen LogP contribution in [0.25, 0.3) is 0 Å². The Kier molecular flexibility index (Phi) is 4.88. The quantitative estimate of drug-likeness (QED) is 0.804. The smallest absolute Gasteiger partial charge is 0.331 e. The Morgan fingerprint density at radius 2 is 1.56 bits per heavy atom. The van der Waals surface area contributed by atoms with Crippen molar-refractivity contribution in [2.24, 2.45) is 0 Å². The molecule has 0 saturated carbocycles. The second-order valence-electron chi connectivity index (χ2n) is 6.82. The third-order valence-electron chi connectivity index (χ3n) is 4.81. The zero-order chi connectivity index (χ0) is 17.9. The van der Waals surface area contributed by atoms with E-state index in [1.165, 1.54) is 0 Å². The van der Waals surface area contributed by atoms with Crippen molar-refractivity contribution in [1.82, 2.24) is 4.90 Å². The van der Waals surface area contributed by atoms with E-state index in [0.717, 1.165) is 11.1 Å². The van der Waals surface area contributed by atoms with Crippen LogP contribution in [0.15, 0.2) is 60.7 Å². The summed E-state index contributed by atoms with van der Waals surface area (Å²) in [5.74, 6) is -0.411. The summed E-state index contributed by atoms with van der Waals surface area (Å²) in [6, 6.07) is 20.0. The number of nitrogens with zero attached hydrogens (tertiary/aromatic N) is 1. The van der Waals surface area contributed by atoms with Gasteiger partial charge in [-0.05, 0) is 25.0 Å². The molecule has 4 nitrogen and oxygen atoms in total. The van der Waals surface area contributed by atoms with Gasteiger partial charge < -0.3 is 9.64 Å². The predicted octanol–water partition coefficient (Wildman–Crippen LogP) is 3.37. The highest BCUT2D eigenvalue weighted by molar-refractivity contribution is 5.88. The van der Waals surface area contributed by atoms with Crippen LogP contribution in [0, 0.1) is 0 Å². The first-order valence-corrected chi connectivity index (χ1v) is 8.58. The zero-order valence-corrected chi connectivity index (χ0v) is 14.6. The molecule has 1 amide bonds. The molecule has 1 aliphatic rings. The van der Waals surface area contributed by atoms with E-state index in [9.17, 15) is 9.59 Å². The minimum Gasteiger partial charge on any atom is -0.462 e. The van der Waals surface area contributed by atoms with E-state index >= 15 is 0 Å². The summed E-state index contributed by atoms with van der Waals surface area (Å²) in [5, 5.41) is 0. The zero-order valence-electron chi connectivity index (χ0n) is 14.6. The van der Waals surface area contributed by atoms with Gasteiger partial charge in [0.25, 0.3) is 0 Å². The molecule has 1 heterocycles. The highest BCUT2D eigenvalue weighted by Gasteiger charge is 2.42.